The predicted molar refractivity (Wildman–Crippen MR) is 74.8 cm³/mol. The molecule has 98 valence electrons. The van der Waals surface area contributed by atoms with E-state index in [-0.39, 0.29) is 0 Å². The number of anilines is 1. The highest BCUT2D eigenvalue weighted by Gasteiger charge is 2.13. The van der Waals surface area contributed by atoms with Gasteiger partial charge in [0.2, 0.25) is 0 Å². The van der Waals surface area contributed by atoms with Gasteiger partial charge in [0.1, 0.15) is 12.1 Å². The highest BCUT2D eigenvalue weighted by atomic mass is 15.1. The molecule has 1 aliphatic heterocycles. The molecule has 0 amide bonds. The molecule has 0 bridgehead atoms. The van der Waals surface area contributed by atoms with Gasteiger partial charge in [-0.1, -0.05) is 0 Å². The second-order valence-electron chi connectivity index (χ2n) is 4.69. The standard InChI is InChI=1S/C14H17N5/c1-5-15-6-2-11(1)13-9-14(18-10-17-13)19-12-3-7-16-8-4-12/h1-2,5-6,9-10,12,16H,3-4,7-8H2,(H,17,18,19). The molecule has 1 fully saturated rings. The van der Waals surface area contributed by atoms with E-state index in [1.54, 1.807) is 18.7 Å². The van der Waals surface area contributed by atoms with Crippen LogP contribution in [0.15, 0.2) is 36.9 Å². The van der Waals surface area contributed by atoms with Crippen LogP contribution in [0.1, 0.15) is 12.8 Å². The van der Waals surface area contributed by atoms with E-state index in [0.717, 1.165) is 43.0 Å². The zero-order chi connectivity index (χ0) is 12.9. The Labute approximate surface area is 112 Å². The fraction of sp³-hybridized carbons (Fsp3) is 0.357. The van der Waals surface area contributed by atoms with Gasteiger partial charge >= 0.3 is 0 Å². The van der Waals surface area contributed by atoms with Crippen LogP contribution in [0.4, 0.5) is 5.82 Å². The largest absolute Gasteiger partial charge is 0.367 e. The monoisotopic (exact) mass is 255 g/mol. The minimum Gasteiger partial charge on any atom is -0.367 e. The fourth-order valence-electron chi connectivity index (χ4n) is 2.29. The maximum Gasteiger partial charge on any atom is 0.130 e. The smallest absolute Gasteiger partial charge is 0.130 e. The Kier molecular flexibility index (Phi) is 3.65. The second-order valence-corrected chi connectivity index (χ2v) is 4.69. The van der Waals surface area contributed by atoms with E-state index in [1.165, 1.54) is 0 Å². The molecule has 3 heterocycles. The Morgan fingerprint density at radius 1 is 1.11 bits per heavy atom. The molecular formula is C14H17N5. The second kappa shape index (κ2) is 5.75. The molecule has 19 heavy (non-hydrogen) atoms. The number of rotatable bonds is 3. The molecule has 1 saturated heterocycles. The number of pyridine rings is 1. The molecule has 5 heteroatoms. The van der Waals surface area contributed by atoms with E-state index in [0.29, 0.717) is 6.04 Å². The van der Waals surface area contributed by atoms with E-state index in [2.05, 4.69) is 25.6 Å². The van der Waals surface area contributed by atoms with Crippen LogP contribution in [0.3, 0.4) is 0 Å². The van der Waals surface area contributed by atoms with Crippen molar-refractivity contribution < 1.29 is 0 Å². The van der Waals surface area contributed by atoms with Gasteiger partial charge in [0.15, 0.2) is 0 Å². The fourth-order valence-corrected chi connectivity index (χ4v) is 2.29. The van der Waals surface area contributed by atoms with Gasteiger partial charge in [0.25, 0.3) is 0 Å². The van der Waals surface area contributed by atoms with Gasteiger partial charge in [-0.15, -0.1) is 0 Å². The Morgan fingerprint density at radius 2 is 1.89 bits per heavy atom. The van der Waals surface area contributed by atoms with Crippen LogP contribution in [-0.4, -0.2) is 34.1 Å². The van der Waals surface area contributed by atoms with Crippen LogP contribution in [0, 0.1) is 0 Å². The normalized spacial score (nSPS) is 16.2. The maximum atomic E-state index is 4.31. The molecule has 0 unspecified atom stereocenters. The van der Waals surface area contributed by atoms with Crippen LogP contribution in [0.5, 0.6) is 0 Å². The summed E-state index contributed by atoms with van der Waals surface area (Å²) in [4.78, 5) is 12.6. The van der Waals surface area contributed by atoms with E-state index in [1.807, 2.05) is 18.2 Å². The van der Waals surface area contributed by atoms with Crippen molar-refractivity contribution >= 4 is 5.82 Å². The third-order valence-corrected chi connectivity index (χ3v) is 3.33. The molecule has 0 aliphatic carbocycles. The molecule has 1 aliphatic rings. The van der Waals surface area contributed by atoms with Gasteiger partial charge in [-0.2, -0.15) is 0 Å². The zero-order valence-electron chi connectivity index (χ0n) is 10.7. The molecule has 3 rings (SSSR count). The topological polar surface area (TPSA) is 62.7 Å². The van der Waals surface area contributed by atoms with E-state index in [4.69, 9.17) is 0 Å². The van der Waals surface area contributed by atoms with Crippen LogP contribution < -0.4 is 10.6 Å². The van der Waals surface area contributed by atoms with Gasteiger partial charge in [-0.25, -0.2) is 9.97 Å². The van der Waals surface area contributed by atoms with E-state index in [9.17, 15) is 0 Å². The lowest BCUT2D eigenvalue weighted by Crippen LogP contribution is -2.35. The lowest BCUT2D eigenvalue weighted by Gasteiger charge is -2.24. The Balaban J connectivity index is 1.76. The summed E-state index contributed by atoms with van der Waals surface area (Å²) in [5.41, 5.74) is 1.99. The first-order valence-electron chi connectivity index (χ1n) is 6.61. The number of hydrogen-bond acceptors (Lipinski definition) is 5. The summed E-state index contributed by atoms with van der Waals surface area (Å²) >= 11 is 0. The first-order valence-corrected chi connectivity index (χ1v) is 6.61. The average Bonchev–Trinajstić information content (AvgIpc) is 2.49. The first-order chi connectivity index (χ1) is 9.42. The maximum absolute atomic E-state index is 4.31. The number of nitrogens with zero attached hydrogens (tertiary/aromatic N) is 3. The van der Waals surface area contributed by atoms with Crippen LogP contribution >= 0.6 is 0 Å². The van der Waals surface area contributed by atoms with Crippen molar-refractivity contribution in [3.05, 3.63) is 36.9 Å². The Morgan fingerprint density at radius 3 is 2.68 bits per heavy atom. The van der Waals surface area contributed by atoms with E-state index < -0.39 is 0 Å². The van der Waals surface area contributed by atoms with Crippen molar-refractivity contribution in [2.45, 2.75) is 18.9 Å². The van der Waals surface area contributed by atoms with Gasteiger partial charge in [0, 0.05) is 30.1 Å². The minimum atomic E-state index is 0.501. The molecule has 2 N–H and O–H groups in total. The van der Waals surface area contributed by atoms with Crippen LogP contribution in [-0.2, 0) is 0 Å². The van der Waals surface area contributed by atoms with Crippen LogP contribution in [0.2, 0.25) is 0 Å². The summed E-state index contributed by atoms with van der Waals surface area (Å²) in [7, 11) is 0. The Hall–Kier alpha value is -2.01. The number of nitrogens with one attached hydrogen (secondary N) is 2. The number of piperidine rings is 1. The molecular weight excluding hydrogens is 238 g/mol. The van der Waals surface area contributed by atoms with Crippen molar-refractivity contribution in [1.29, 1.82) is 0 Å². The lowest BCUT2D eigenvalue weighted by atomic mass is 10.1. The predicted octanol–water partition coefficient (Wildman–Crippen LogP) is 1.70. The highest BCUT2D eigenvalue weighted by Crippen LogP contribution is 2.19. The average molecular weight is 255 g/mol. The molecule has 0 atom stereocenters. The van der Waals surface area contributed by atoms with E-state index >= 15 is 0 Å². The summed E-state index contributed by atoms with van der Waals surface area (Å²) < 4.78 is 0. The molecule has 0 spiro atoms. The van der Waals surface area contributed by atoms with Gasteiger partial charge in [0.05, 0.1) is 5.69 Å². The minimum absolute atomic E-state index is 0.501. The third kappa shape index (κ3) is 3.06. The van der Waals surface area contributed by atoms with Gasteiger partial charge in [-0.05, 0) is 38.1 Å². The van der Waals surface area contributed by atoms with Crippen molar-refractivity contribution in [2.75, 3.05) is 18.4 Å². The summed E-state index contributed by atoms with van der Waals surface area (Å²) in [6.07, 6.45) is 7.43. The third-order valence-electron chi connectivity index (χ3n) is 3.33. The molecule has 0 radical (unpaired) electrons. The highest BCUT2D eigenvalue weighted by molar-refractivity contribution is 5.61. The van der Waals surface area contributed by atoms with Gasteiger partial charge in [-0.3, -0.25) is 4.98 Å². The number of aromatic nitrogens is 3. The molecule has 0 saturated carbocycles. The molecule has 2 aromatic rings. The zero-order valence-corrected chi connectivity index (χ0v) is 10.7. The summed E-state index contributed by atoms with van der Waals surface area (Å²) in [6, 6.07) is 6.41. The SMILES string of the molecule is c1cc(-c2cc(NC3CCNCC3)ncn2)ccn1. The van der Waals surface area contributed by atoms with Crippen molar-refractivity contribution in [3.8, 4) is 11.3 Å². The van der Waals surface area contributed by atoms with Crippen molar-refractivity contribution in [2.24, 2.45) is 0 Å². The molecule has 2 aromatic heterocycles. The quantitative estimate of drug-likeness (QED) is 0.874. The van der Waals surface area contributed by atoms with Crippen LogP contribution in [0.25, 0.3) is 11.3 Å². The molecule has 0 aromatic carbocycles. The lowest BCUT2D eigenvalue weighted by molar-refractivity contribution is 0.478. The Bertz CT molecular complexity index is 522. The first kappa shape index (κ1) is 12.0. The van der Waals surface area contributed by atoms with Crippen molar-refractivity contribution in [3.63, 3.8) is 0 Å². The summed E-state index contributed by atoms with van der Waals surface area (Å²) in [6.45, 7) is 2.14. The number of hydrogen-bond donors (Lipinski definition) is 2. The van der Waals surface area contributed by atoms with Crippen molar-refractivity contribution in [1.82, 2.24) is 20.3 Å². The summed E-state index contributed by atoms with van der Waals surface area (Å²) in [5.74, 6) is 0.897. The summed E-state index contributed by atoms with van der Waals surface area (Å²) in [5, 5.41) is 6.84. The van der Waals surface area contributed by atoms with Gasteiger partial charge < -0.3 is 10.6 Å². The molecule has 5 nitrogen and oxygen atoms in total.